The predicted molar refractivity (Wildman–Crippen MR) is 126 cm³/mol. The molecule has 0 saturated carbocycles. The van der Waals surface area contributed by atoms with Gasteiger partial charge in [0.1, 0.15) is 29.2 Å². The molecule has 0 saturated heterocycles. The molecule has 0 aliphatic heterocycles. The number of nitrogens with zero attached hydrogens (tertiary/aromatic N) is 5. The summed E-state index contributed by atoms with van der Waals surface area (Å²) in [5.74, 6) is -0.405. The first kappa shape index (κ1) is 23.2. The first-order valence-corrected chi connectivity index (χ1v) is 10.8. The molecule has 11 heteroatoms. The summed E-state index contributed by atoms with van der Waals surface area (Å²) in [6, 6.07) is 6.77. The van der Waals surface area contributed by atoms with E-state index in [4.69, 9.17) is 21.1 Å². The number of anilines is 1. The summed E-state index contributed by atoms with van der Waals surface area (Å²) in [7, 11) is 1.52. The van der Waals surface area contributed by atoms with Gasteiger partial charge in [0.05, 0.1) is 19.0 Å². The van der Waals surface area contributed by atoms with E-state index in [0.717, 1.165) is 0 Å². The number of nitrogens with one attached hydrogen (secondary N) is 1. The van der Waals surface area contributed by atoms with Crippen LogP contribution in [0.4, 0.5) is 5.69 Å². The largest absolute Gasteiger partial charge is 0.496 e. The summed E-state index contributed by atoms with van der Waals surface area (Å²) in [5, 5.41) is 12.0. The van der Waals surface area contributed by atoms with Crippen molar-refractivity contribution >= 4 is 34.8 Å². The lowest BCUT2D eigenvalue weighted by molar-refractivity contribution is -0.155. The summed E-state index contributed by atoms with van der Waals surface area (Å²) in [5.41, 5.74) is 1.32. The molecule has 0 spiro atoms. The first-order chi connectivity index (χ1) is 16.1. The van der Waals surface area contributed by atoms with Crippen molar-refractivity contribution in [1.29, 1.82) is 0 Å². The lowest BCUT2D eigenvalue weighted by Gasteiger charge is -2.19. The van der Waals surface area contributed by atoms with Crippen molar-refractivity contribution in [1.82, 2.24) is 24.4 Å². The van der Waals surface area contributed by atoms with Crippen LogP contribution in [0.5, 0.6) is 5.75 Å². The number of aromatic nitrogens is 5. The fourth-order valence-electron chi connectivity index (χ4n) is 3.34. The van der Waals surface area contributed by atoms with Crippen molar-refractivity contribution in [3.63, 3.8) is 0 Å². The van der Waals surface area contributed by atoms with Crippen molar-refractivity contribution in [2.45, 2.75) is 32.9 Å². The summed E-state index contributed by atoms with van der Waals surface area (Å²) in [6.45, 7) is 5.20. The molecule has 0 fully saturated rings. The number of benzene rings is 1. The summed E-state index contributed by atoms with van der Waals surface area (Å²) in [4.78, 5) is 29.7. The molecular formula is C23H23ClN6O4. The molecule has 3 aromatic heterocycles. The molecule has 0 unspecified atom stereocenters. The van der Waals surface area contributed by atoms with Crippen LogP contribution in [-0.4, -0.2) is 49.0 Å². The Bertz CT molecular complexity index is 1370. The molecule has 0 aliphatic carbocycles. The van der Waals surface area contributed by atoms with E-state index in [1.54, 1.807) is 63.6 Å². The lowest BCUT2D eigenvalue weighted by Crippen LogP contribution is -2.26. The van der Waals surface area contributed by atoms with Crippen LogP contribution in [0.2, 0.25) is 5.02 Å². The Labute approximate surface area is 200 Å². The molecular weight excluding hydrogens is 460 g/mol. The number of carbonyl (C=O) groups excluding carboxylic acids is 2. The summed E-state index contributed by atoms with van der Waals surface area (Å²) < 4.78 is 13.8. The number of esters is 1. The van der Waals surface area contributed by atoms with Crippen LogP contribution in [0.15, 0.2) is 49.1 Å². The molecule has 4 aromatic rings. The van der Waals surface area contributed by atoms with E-state index < -0.39 is 17.5 Å². The van der Waals surface area contributed by atoms with E-state index in [1.807, 2.05) is 0 Å². The minimum atomic E-state index is -0.642. The van der Waals surface area contributed by atoms with E-state index in [0.29, 0.717) is 33.4 Å². The van der Waals surface area contributed by atoms with Gasteiger partial charge in [0.2, 0.25) is 0 Å². The van der Waals surface area contributed by atoms with Gasteiger partial charge >= 0.3 is 5.97 Å². The molecule has 4 rings (SSSR count). The highest BCUT2D eigenvalue weighted by Gasteiger charge is 2.23. The minimum Gasteiger partial charge on any atom is -0.496 e. The molecule has 34 heavy (non-hydrogen) atoms. The Kier molecular flexibility index (Phi) is 6.25. The third kappa shape index (κ3) is 5.01. The van der Waals surface area contributed by atoms with E-state index in [2.05, 4.69) is 20.5 Å². The Morgan fingerprint density at radius 2 is 2.03 bits per heavy atom. The highest BCUT2D eigenvalue weighted by Crippen LogP contribution is 2.36. The summed E-state index contributed by atoms with van der Waals surface area (Å²) >= 11 is 6.22. The number of halogens is 1. The Morgan fingerprint density at radius 1 is 1.24 bits per heavy atom. The number of methoxy groups -OCH3 is 1. The molecule has 10 nitrogen and oxygen atoms in total. The Hall–Kier alpha value is -3.92. The molecule has 0 aliphatic rings. The van der Waals surface area contributed by atoms with E-state index in [1.165, 1.54) is 22.5 Å². The van der Waals surface area contributed by atoms with E-state index in [9.17, 15) is 9.59 Å². The molecule has 0 atom stereocenters. The van der Waals surface area contributed by atoms with Crippen LogP contribution >= 0.6 is 11.6 Å². The predicted octanol–water partition coefficient (Wildman–Crippen LogP) is 3.85. The second kappa shape index (κ2) is 9.14. The maximum Gasteiger partial charge on any atom is 0.328 e. The lowest BCUT2D eigenvalue weighted by atomic mass is 10.1. The monoisotopic (exact) mass is 482 g/mol. The zero-order chi connectivity index (χ0) is 24.5. The van der Waals surface area contributed by atoms with Crippen LogP contribution in [0.1, 0.15) is 31.1 Å². The average molecular weight is 483 g/mol. The maximum atomic E-state index is 13.1. The second-order valence-electron chi connectivity index (χ2n) is 8.42. The molecule has 1 N–H and O–H groups in total. The fraction of sp³-hybridized carbons (Fsp3) is 0.261. The van der Waals surface area contributed by atoms with Crippen molar-refractivity contribution in [3.8, 4) is 17.0 Å². The molecule has 0 radical (unpaired) electrons. The third-order valence-corrected chi connectivity index (χ3v) is 4.90. The van der Waals surface area contributed by atoms with Gasteiger partial charge < -0.3 is 14.8 Å². The number of carbonyl (C=O) groups is 2. The van der Waals surface area contributed by atoms with Gasteiger partial charge in [0.15, 0.2) is 5.65 Å². The van der Waals surface area contributed by atoms with E-state index >= 15 is 0 Å². The van der Waals surface area contributed by atoms with Gasteiger partial charge in [-0.3, -0.25) is 14.3 Å². The van der Waals surface area contributed by atoms with Crippen molar-refractivity contribution in [2.75, 3.05) is 12.4 Å². The number of hydrogen-bond acceptors (Lipinski definition) is 7. The number of fused-ring (bicyclic) bond motifs is 1. The van der Waals surface area contributed by atoms with Crippen LogP contribution in [0.25, 0.3) is 16.9 Å². The number of ether oxygens (including phenoxy) is 2. The van der Waals surface area contributed by atoms with Gasteiger partial charge in [-0.05, 0) is 45.0 Å². The van der Waals surface area contributed by atoms with Gasteiger partial charge in [-0.2, -0.15) is 10.2 Å². The molecule has 1 amide bonds. The summed E-state index contributed by atoms with van der Waals surface area (Å²) in [6.07, 6.45) is 6.26. The number of hydrogen-bond donors (Lipinski definition) is 1. The molecule has 1 aromatic carbocycles. The fourth-order valence-corrected chi connectivity index (χ4v) is 3.51. The van der Waals surface area contributed by atoms with Gasteiger partial charge in [0, 0.05) is 29.2 Å². The zero-order valence-corrected chi connectivity index (χ0v) is 19.8. The standard InChI is InChI=1S/C23H23ClN6O4/c1-23(2,3)34-19(31)13-29-12-17(20(28-29)15-10-14(24)6-7-18(15)33-4)27-22(32)16-11-26-30-9-5-8-25-21(16)30/h5-12H,13H2,1-4H3,(H,27,32). The molecule has 0 bridgehead atoms. The Balaban J connectivity index is 1.72. The first-order valence-electron chi connectivity index (χ1n) is 10.4. The smallest absolute Gasteiger partial charge is 0.328 e. The normalized spacial score (nSPS) is 11.4. The zero-order valence-electron chi connectivity index (χ0n) is 19.1. The van der Waals surface area contributed by atoms with Crippen molar-refractivity contribution in [3.05, 3.63) is 59.6 Å². The molecule has 3 heterocycles. The molecule has 176 valence electrons. The highest BCUT2D eigenvalue weighted by atomic mass is 35.5. The van der Waals surface area contributed by atoms with E-state index in [-0.39, 0.29) is 12.1 Å². The van der Waals surface area contributed by atoms with Crippen molar-refractivity contribution < 1.29 is 19.1 Å². The Morgan fingerprint density at radius 3 is 2.76 bits per heavy atom. The van der Waals surface area contributed by atoms with Crippen LogP contribution < -0.4 is 10.1 Å². The van der Waals surface area contributed by atoms with Gasteiger partial charge in [-0.25, -0.2) is 9.50 Å². The maximum absolute atomic E-state index is 13.1. The van der Waals surface area contributed by atoms with Gasteiger partial charge in [-0.1, -0.05) is 11.6 Å². The second-order valence-corrected chi connectivity index (χ2v) is 8.86. The number of rotatable bonds is 6. The van der Waals surface area contributed by atoms with Crippen LogP contribution in [0.3, 0.4) is 0 Å². The SMILES string of the molecule is COc1ccc(Cl)cc1-c1nn(CC(=O)OC(C)(C)C)cc1NC(=O)c1cnn2cccnc12. The van der Waals surface area contributed by atoms with Crippen molar-refractivity contribution in [2.24, 2.45) is 0 Å². The minimum absolute atomic E-state index is 0.151. The number of amides is 1. The topological polar surface area (TPSA) is 113 Å². The van der Waals surface area contributed by atoms with Gasteiger partial charge in [0.25, 0.3) is 5.91 Å². The van der Waals surface area contributed by atoms with Crippen LogP contribution in [-0.2, 0) is 16.1 Å². The highest BCUT2D eigenvalue weighted by molar-refractivity contribution is 6.31. The van der Waals surface area contributed by atoms with Crippen LogP contribution in [0, 0.1) is 0 Å². The quantitative estimate of drug-likeness (QED) is 0.415. The third-order valence-electron chi connectivity index (χ3n) is 4.66. The van der Waals surface area contributed by atoms with Gasteiger partial charge in [-0.15, -0.1) is 0 Å². The average Bonchev–Trinajstić information content (AvgIpc) is 3.36.